The van der Waals surface area contributed by atoms with Crippen LogP contribution >= 0.6 is 0 Å². The Morgan fingerprint density at radius 3 is 2.38 bits per heavy atom. The van der Waals surface area contributed by atoms with E-state index in [1.165, 1.54) is 0 Å². The van der Waals surface area contributed by atoms with E-state index >= 15 is 0 Å². The fourth-order valence-electron chi connectivity index (χ4n) is 2.30. The molecule has 0 aliphatic heterocycles. The van der Waals surface area contributed by atoms with Crippen LogP contribution in [0, 0.1) is 0 Å². The van der Waals surface area contributed by atoms with Crippen LogP contribution in [0.2, 0.25) is 0 Å². The van der Waals surface area contributed by atoms with E-state index in [0.717, 1.165) is 16.9 Å². The van der Waals surface area contributed by atoms with Crippen LogP contribution in [0.25, 0.3) is 0 Å². The van der Waals surface area contributed by atoms with E-state index in [-0.39, 0.29) is 12.1 Å². The molecule has 0 aliphatic carbocycles. The first-order valence-electron chi connectivity index (χ1n) is 7.10. The summed E-state index contributed by atoms with van der Waals surface area (Å²) in [6, 6.07) is 11.5. The van der Waals surface area contributed by atoms with E-state index < -0.39 is 6.10 Å². The average Bonchev–Trinajstić information content (AvgIpc) is 2.55. The van der Waals surface area contributed by atoms with Crippen LogP contribution in [-0.2, 0) is 0 Å². The minimum absolute atomic E-state index is 0.0754. The first-order valence-corrected chi connectivity index (χ1v) is 7.10. The molecule has 4 heteroatoms. The van der Waals surface area contributed by atoms with Gasteiger partial charge in [0, 0.05) is 24.5 Å². The molecule has 21 heavy (non-hydrogen) atoms. The molecule has 1 aromatic carbocycles. The Hall–Kier alpha value is -1.91. The quantitative estimate of drug-likeness (QED) is 0.857. The van der Waals surface area contributed by atoms with Crippen LogP contribution in [0.1, 0.15) is 37.1 Å². The molecule has 0 aliphatic rings. The van der Waals surface area contributed by atoms with Crippen LogP contribution in [-0.4, -0.2) is 23.2 Å². The maximum Gasteiger partial charge on any atom is 0.118 e. The van der Waals surface area contributed by atoms with Crippen molar-refractivity contribution < 1.29 is 9.84 Å². The normalized spacial score (nSPS) is 15.2. The SMILES string of the molecule is COc1ccc([C@H](O)[C@H](C)N[C@H](C)c2cccnc2)cc1. The Morgan fingerprint density at radius 2 is 1.81 bits per heavy atom. The molecule has 2 rings (SSSR count). The van der Waals surface area contributed by atoms with Crippen LogP contribution in [0.4, 0.5) is 0 Å². The first kappa shape index (κ1) is 15.5. The van der Waals surface area contributed by atoms with E-state index in [4.69, 9.17) is 4.74 Å². The molecule has 0 spiro atoms. The second-order valence-corrected chi connectivity index (χ2v) is 5.18. The fourth-order valence-corrected chi connectivity index (χ4v) is 2.30. The van der Waals surface area contributed by atoms with Gasteiger partial charge >= 0.3 is 0 Å². The zero-order valence-electron chi connectivity index (χ0n) is 12.7. The van der Waals surface area contributed by atoms with Gasteiger partial charge in [-0.15, -0.1) is 0 Å². The van der Waals surface area contributed by atoms with Crippen molar-refractivity contribution in [2.24, 2.45) is 0 Å². The lowest BCUT2D eigenvalue weighted by Gasteiger charge is -2.25. The number of aliphatic hydroxyl groups excluding tert-OH is 1. The van der Waals surface area contributed by atoms with Crippen molar-refractivity contribution in [2.45, 2.75) is 32.0 Å². The second-order valence-electron chi connectivity index (χ2n) is 5.18. The number of pyridine rings is 1. The highest BCUT2D eigenvalue weighted by atomic mass is 16.5. The summed E-state index contributed by atoms with van der Waals surface area (Å²) in [5.41, 5.74) is 1.97. The number of benzene rings is 1. The van der Waals surface area contributed by atoms with Crippen molar-refractivity contribution >= 4 is 0 Å². The molecule has 0 unspecified atom stereocenters. The highest BCUT2D eigenvalue weighted by Gasteiger charge is 2.18. The number of ether oxygens (including phenoxy) is 1. The van der Waals surface area contributed by atoms with Crippen LogP contribution < -0.4 is 10.1 Å². The summed E-state index contributed by atoms with van der Waals surface area (Å²) >= 11 is 0. The van der Waals surface area contributed by atoms with Gasteiger partial charge in [-0.2, -0.15) is 0 Å². The molecule has 0 saturated heterocycles. The lowest BCUT2D eigenvalue weighted by atomic mass is 10.0. The van der Waals surface area contributed by atoms with E-state index in [1.807, 2.05) is 49.5 Å². The van der Waals surface area contributed by atoms with Crippen LogP contribution in [0.5, 0.6) is 5.75 Å². The number of nitrogens with zero attached hydrogens (tertiary/aromatic N) is 1. The van der Waals surface area contributed by atoms with Gasteiger partial charge < -0.3 is 15.2 Å². The molecule has 2 N–H and O–H groups in total. The zero-order valence-corrected chi connectivity index (χ0v) is 12.7. The molecule has 3 atom stereocenters. The fraction of sp³-hybridized carbons (Fsp3) is 0.353. The molecule has 1 heterocycles. The summed E-state index contributed by atoms with van der Waals surface area (Å²) in [5, 5.41) is 13.8. The lowest BCUT2D eigenvalue weighted by Crippen LogP contribution is -2.34. The highest BCUT2D eigenvalue weighted by Crippen LogP contribution is 2.22. The third kappa shape index (κ3) is 4.03. The van der Waals surface area contributed by atoms with E-state index in [2.05, 4.69) is 17.2 Å². The maximum absolute atomic E-state index is 10.4. The third-order valence-corrected chi connectivity index (χ3v) is 3.63. The number of aliphatic hydroxyl groups is 1. The minimum Gasteiger partial charge on any atom is -0.497 e. The molecule has 4 nitrogen and oxygen atoms in total. The predicted octanol–water partition coefficient (Wildman–Crippen LogP) is 2.86. The van der Waals surface area contributed by atoms with Crippen LogP contribution in [0.15, 0.2) is 48.8 Å². The van der Waals surface area contributed by atoms with Crippen molar-refractivity contribution in [2.75, 3.05) is 7.11 Å². The molecule has 112 valence electrons. The van der Waals surface area contributed by atoms with Crippen molar-refractivity contribution in [3.63, 3.8) is 0 Å². The molecule has 0 amide bonds. The molecule has 0 bridgehead atoms. The van der Waals surface area contributed by atoms with Crippen molar-refractivity contribution in [3.8, 4) is 5.75 Å². The van der Waals surface area contributed by atoms with Crippen molar-refractivity contribution in [3.05, 3.63) is 59.9 Å². The molecule has 0 radical (unpaired) electrons. The summed E-state index contributed by atoms with van der Waals surface area (Å²) in [5.74, 6) is 0.787. The van der Waals surface area contributed by atoms with Crippen molar-refractivity contribution in [1.29, 1.82) is 0 Å². The summed E-state index contributed by atoms with van der Waals surface area (Å²) in [4.78, 5) is 4.12. The van der Waals surface area contributed by atoms with E-state index in [0.29, 0.717) is 0 Å². The topological polar surface area (TPSA) is 54.4 Å². The number of nitrogens with one attached hydrogen (secondary N) is 1. The molecular weight excluding hydrogens is 264 g/mol. The Kier molecular flexibility index (Phi) is 5.31. The monoisotopic (exact) mass is 286 g/mol. The van der Waals surface area contributed by atoms with Gasteiger partial charge in [-0.1, -0.05) is 18.2 Å². The van der Waals surface area contributed by atoms with E-state index in [9.17, 15) is 5.11 Å². The number of methoxy groups -OCH3 is 1. The smallest absolute Gasteiger partial charge is 0.118 e. The van der Waals surface area contributed by atoms with Crippen molar-refractivity contribution in [1.82, 2.24) is 10.3 Å². The second kappa shape index (κ2) is 7.20. The van der Waals surface area contributed by atoms with Gasteiger partial charge in [-0.25, -0.2) is 0 Å². The predicted molar refractivity (Wildman–Crippen MR) is 83.2 cm³/mol. The van der Waals surface area contributed by atoms with Crippen LogP contribution in [0.3, 0.4) is 0 Å². The zero-order chi connectivity index (χ0) is 15.2. The van der Waals surface area contributed by atoms with Gasteiger partial charge in [-0.3, -0.25) is 4.98 Å². The maximum atomic E-state index is 10.4. The number of rotatable bonds is 6. The van der Waals surface area contributed by atoms with Gasteiger partial charge in [0.25, 0.3) is 0 Å². The molecule has 1 aromatic heterocycles. The molecule has 2 aromatic rings. The minimum atomic E-state index is -0.574. The molecular formula is C17H22N2O2. The van der Waals surface area contributed by atoms with Gasteiger partial charge in [0.05, 0.1) is 13.2 Å². The Morgan fingerprint density at radius 1 is 1.10 bits per heavy atom. The largest absolute Gasteiger partial charge is 0.497 e. The summed E-state index contributed by atoms with van der Waals surface area (Å²) in [6.07, 6.45) is 3.02. The molecule has 0 saturated carbocycles. The van der Waals surface area contributed by atoms with Gasteiger partial charge in [0.15, 0.2) is 0 Å². The summed E-state index contributed by atoms with van der Waals surface area (Å²) < 4.78 is 5.13. The Bertz CT molecular complexity index is 542. The van der Waals surface area contributed by atoms with Gasteiger partial charge in [-0.05, 0) is 43.2 Å². The van der Waals surface area contributed by atoms with E-state index in [1.54, 1.807) is 13.3 Å². The first-order chi connectivity index (χ1) is 10.1. The lowest BCUT2D eigenvalue weighted by molar-refractivity contribution is 0.130. The average molecular weight is 286 g/mol. The highest BCUT2D eigenvalue weighted by molar-refractivity contribution is 5.29. The Labute approximate surface area is 125 Å². The summed E-state index contributed by atoms with van der Waals surface area (Å²) in [6.45, 7) is 4.04. The molecule has 0 fully saturated rings. The standard InChI is InChI=1S/C17H22N2O2/c1-12(15-5-4-10-18-11-15)19-13(2)17(20)14-6-8-16(21-3)9-7-14/h4-13,17,19-20H,1-3H3/t12-,13+,17-/m1/s1. The number of hydrogen-bond donors (Lipinski definition) is 2. The number of hydrogen-bond acceptors (Lipinski definition) is 4. The third-order valence-electron chi connectivity index (χ3n) is 3.63. The number of aromatic nitrogens is 1. The summed E-state index contributed by atoms with van der Waals surface area (Å²) in [7, 11) is 1.63. The van der Waals surface area contributed by atoms with Gasteiger partial charge in [0.1, 0.15) is 5.75 Å². The Balaban J connectivity index is 2.00. The van der Waals surface area contributed by atoms with Gasteiger partial charge in [0.2, 0.25) is 0 Å².